The van der Waals surface area contributed by atoms with Gasteiger partial charge in [0.05, 0.1) is 11.7 Å². The molecule has 0 radical (unpaired) electrons. The second-order valence-electron chi connectivity index (χ2n) is 6.04. The maximum absolute atomic E-state index is 6.02. The smallest absolute Gasteiger partial charge is 0.406 e. The minimum atomic E-state index is -0.00231. The first-order valence-corrected chi connectivity index (χ1v) is 5.78. The van der Waals surface area contributed by atoms with Gasteiger partial charge < -0.3 is 9.31 Å². The Morgan fingerprint density at radius 1 is 1.21 bits per heavy atom. The molecule has 2 nitrogen and oxygen atoms in total. The van der Waals surface area contributed by atoms with Crippen LogP contribution in [-0.4, -0.2) is 18.8 Å². The summed E-state index contributed by atoms with van der Waals surface area (Å²) in [5.41, 5.74) is 0.469. The van der Waals surface area contributed by atoms with E-state index in [1.807, 2.05) is 6.82 Å². The topological polar surface area (TPSA) is 18.5 Å². The molecule has 2 bridgehead atoms. The van der Waals surface area contributed by atoms with Crippen LogP contribution in [0.15, 0.2) is 0 Å². The molecule has 4 atom stereocenters. The maximum atomic E-state index is 6.02. The first-order valence-electron chi connectivity index (χ1n) is 5.78. The van der Waals surface area contributed by atoms with E-state index in [2.05, 4.69) is 20.8 Å². The van der Waals surface area contributed by atoms with Crippen molar-refractivity contribution in [1.82, 2.24) is 0 Å². The standard InChI is InChI=1S/C11H19BO2/c1-10(2)7-5-8(10)11(3)9(6-7)13-12(4)14-11/h7-9H,5-6H2,1-4H3/t7-,8?,9?,11-/m1/s1. The first kappa shape index (κ1) is 9.23. The summed E-state index contributed by atoms with van der Waals surface area (Å²) >= 11 is 0. The highest BCUT2D eigenvalue weighted by Crippen LogP contribution is 2.65. The highest BCUT2D eigenvalue weighted by Gasteiger charge is 2.67. The molecular formula is C11H19BO2. The Balaban J connectivity index is 1.95. The first-order chi connectivity index (χ1) is 6.44. The molecule has 3 aliphatic carbocycles. The van der Waals surface area contributed by atoms with Crippen LogP contribution in [-0.2, 0) is 9.31 Å². The van der Waals surface area contributed by atoms with E-state index in [0.29, 0.717) is 17.4 Å². The van der Waals surface area contributed by atoms with Gasteiger partial charge in [0.1, 0.15) is 0 Å². The molecular weight excluding hydrogens is 175 g/mol. The van der Waals surface area contributed by atoms with Crippen molar-refractivity contribution in [1.29, 1.82) is 0 Å². The second-order valence-corrected chi connectivity index (χ2v) is 6.04. The number of hydrogen-bond donors (Lipinski definition) is 0. The van der Waals surface area contributed by atoms with Gasteiger partial charge in [-0.05, 0) is 43.8 Å². The third kappa shape index (κ3) is 0.861. The van der Waals surface area contributed by atoms with Crippen molar-refractivity contribution in [3.8, 4) is 0 Å². The van der Waals surface area contributed by atoms with Crippen LogP contribution < -0.4 is 0 Å². The molecule has 2 unspecified atom stereocenters. The number of rotatable bonds is 0. The summed E-state index contributed by atoms with van der Waals surface area (Å²) in [6.07, 6.45) is 2.90. The lowest BCUT2D eigenvalue weighted by Crippen LogP contribution is -2.65. The predicted octanol–water partition coefficient (Wildman–Crippen LogP) is 2.34. The summed E-state index contributed by atoms with van der Waals surface area (Å²) in [6.45, 7) is 9.05. The van der Waals surface area contributed by atoms with Crippen LogP contribution in [0.2, 0.25) is 6.82 Å². The molecule has 1 saturated heterocycles. The molecule has 3 heteroatoms. The molecule has 0 aromatic rings. The van der Waals surface area contributed by atoms with Gasteiger partial charge in [-0.2, -0.15) is 0 Å². The average molecular weight is 194 g/mol. The molecule has 4 aliphatic rings. The van der Waals surface area contributed by atoms with Gasteiger partial charge in [-0.3, -0.25) is 0 Å². The van der Waals surface area contributed by atoms with Crippen molar-refractivity contribution in [2.24, 2.45) is 17.3 Å². The van der Waals surface area contributed by atoms with Crippen molar-refractivity contribution < 1.29 is 9.31 Å². The molecule has 4 rings (SSSR count). The molecule has 0 aromatic carbocycles. The molecule has 0 spiro atoms. The highest BCUT2D eigenvalue weighted by atomic mass is 16.7. The van der Waals surface area contributed by atoms with Crippen molar-refractivity contribution in [3.05, 3.63) is 0 Å². The maximum Gasteiger partial charge on any atom is 0.454 e. The van der Waals surface area contributed by atoms with Gasteiger partial charge in [0.25, 0.3) is 0 Å². The van der Waals surface area contributed by atoms with Gasteiger partial charge in [0.15, 0.2) is 0 Å². The van der Waals surface area contributed by atoms with Crippen LogP contribution in [0.4, 0.5) is 0 Å². The molecule has 0 N–H and O–H groups in total. The molecule has 1 aliphatic heterocycles. The summed E-state index contributed by atoms with van der Waals surface area (Å²) in [7, 11) is 0.000139. The normalized spacial score (nSPS) is 54.0. The van der Waals surface area contributed by atoms with Gasteiger partial charge in [0, 0.05) is 0 Å². The second kappa shape index (κ2) is 2.38. The van der Waals surface area contributed by atoms with Crippen LogP contribution in [0.25, 0.3) is 0 Å². The minimum absolute atomic E-state index is 0.000139. The Morgan fingerprint density at radius 2 is 1.93 bits per heavy atom. The summed E-state index contributed by atoms with van der Waals surface area (Å²) in [6, 6.07) is 0. The van der Waals surface area contributed by atoms with Crippen molar-refractivity contribution in [2.75, 3.05) is 0 Å². The lowest BCUT2D eigenvalue weighted by Gasteiger charge is -2.64. The van der Waals surface area contributed by atoms with E-state index in [1.165, 1.54) is 12.8 Å². The van der Waals surface area contributed by atoms with Gasteiger partial charge in [-0.25, -0.2) is 0 Å². The van der Waals surface area contributed by atoms with E-state index in [4.69, 9.17) is 9.31 Å². The quantitative estimate of drug-likeness (QED) is 0.551. The third-order valence-electron chi connectivity index (χ3n) is 5.08. The van der Waals surface area contributed by atoms with Crippen molar-refractivity contribution in [3.63, 3.8) is 0 Å². The lowest BCUT2D eigenvalue weighted by molar-refractivity contribution is -0.199. The number of hydrogen-bond acceptors (Lipinski definition) is 2. The lowest BCUT2D eigenvalue weighted by atomic mass is 9.43. The van der Waals surface area contributed by atoms with Gasteiger partial charge in [-0.15, -0.1) is 0 Å². The van der Waals surface area contributed by atoms with E-state index in [9.17, 15) is 0 Å². The SMILES string of the molecule is CB1OC2C[C@H]3CC(C3(C)C)[C@@]2(C)O1. The summed E-state index contributed by atoms with van der Waals surface area (Å²) in [5, 5.41) is 0. The Bertz CT molecular complexity index is 278. The summed E-state index contributed by atoms with van der Waals surface area (Å²) in [5.74, 6) is 1.56. The Hall–Kier alpha value is -0.0151. The van der Waals surface area contributed by atoms with Crippen molar-refractivity contribution >= 4 is 7.12 Å². The Morgan fingerprint density at radius 3 is 2.57 bits per heavy atom. The monoisotopic (exact) mass is 194 g/mol. The van der Waals surface area contributed by atoms with E-state index < -0.39 is 0 Å². The van der Waals surface area contributed by atoms with Crippen LogP contribution in [0.1, 0.15) is 33.6 Å². The van der Waals surface area contributed by atoms with Crippen LogP contribution in [0.5, 0.6) is 0 Å². The fourth-order valence-corrected chi connectivity index (χ4v) is 4.07. The van der Waals surface area contributed by atoms with Gasteiger partial charge in [-0.1, -0.05) is 13.8 Å². The Labute approximate surface area is 86.5 Å². The molecule has 0 aromatic heterocycles. The fourth-order valence-electron chi connectivity index (χ4n) is 4.07. The average Bonchev–Trinajstić information content (AvgIpc) is 2.37. The van der Waals surface area contributed by atoms with Crippen LogP contribution in [0.3, 0.4) is 0 Å². The van der Waals surface area contributed by atoms with Crippen LogP contribution in [0, 0.1) is 17.3 Å². The molecule has 4 fully saturated rings. The molecule has 14 heavy (non-hydrogen) atoms. The fraction of sp³-hybridized carbons (Fsp3) is 1.00. The summed E-state index contributed by atoms with van der Waals surface area (Å²) < 4.78 is 11.9. The predicted molar refractivity (Wildman–Crippen MR) is 56.0 cm³/mol. The Kier molecular flexibility index (Phi) is 1.57. The zero-order valence-corrected chi connectivity index (χ0v) is 9.54. The van der Waals surface area contributed by atoms with Gasteiger partial charge in [0.2, 0.25) is 0 Å². The molecule has 1 heterocycles. The molecule has 78 valence electrons. The van der Waals surface area contributed by atoms with Gasteiger partial charge >= 0.3 is 7.12 Å². The summed E-state index contributed by atoms with van der Waals surface area (Å²) in [4.78, 5) is 0. The zero-order valence-electron chi connectivity index (χ0n) is 9.54. The van der Waals surface area contributed by atoms with Crippen molar-refractivity contribution in [2.45, 2.75) is 52.1 Å². The molecule has 0 amide bonds. The van der Waals surface area contributed by atoms with E-state index in [-0.39, 0.29) is 12.7 Å². The third-order valence-corrected chi connectivity index (χ3v) is 5.08. The van der Waals surface area contributed by atoms with E-state index >= 15 is 0 Å². The highest BCUT2D eigenvalue weighted by molar-refractivity contribution is 6.43. The van der Waals surface area contributed by atoms with Crippen LogP contribution >= 0.6 is 0 Å². The van der Waals surface area contributed by atoms with E-state index in [0.717, 1.165) is 5.92 Å². The zero-order chi connectivity index (χ0) is 10.1. The molecule has 3 saturated carbocycles. The largest absolute Gasteiger partial charge is 0.454 e. The van der Waals surface area contributed by atoms with E-state index in [1.54, 1.807) is 0 Å². The minimum Gasteiger partial charge on any atom is -0.406 e.